The number of benzene rings is 2. The van der Waals surface area contributed by atoms with Crippen LogP contribution in [-0.4, -0.2) is 24.4 Å². The van der Waals surface area contributed by atoms with Crippen molar-refractivity contribution in [3.05, 3.63) is 59.2 Å². The Morgan fingerprint density at radius 1 is 1.24 bits per heavy atom. The van der Waals surface area contributed by atoms with Crippen LogP contribution in [-0.2, 0) is 12.8 Å². The Labute approximate surface area is 154 Å². The molecule has 4 heteroatoms. The molecule has 4 rings (SSSR count). The van der Waals surface area contributed by atoms with Gasteiger partial charge >= 0.3 is 0 Å². The second kappa shape index (κ2) is 7.40. The van der Waals surface area contributed by atoms with Gasteiger partial charge in [0.15, 0.2) is 0 Å². The lowest BCUT2D eigenvalue weighted by molar-refractivity contribution is 0.0922. The summed E-state index contributed by atoms with van der Waals surface area (Å²) in [7, 11) is 0. The first-order valence-electron chi connectivity index (χ1n) is 9.15. The summed E-state index contributed by atoms with van der Waals surface area (Å²) in [6.07, 6.45) is 6.59. The van der Waals surface area contributed by atoms with E-state index in [0.717, 1.165) is 38.2 Å². The molecule has 0 aromatic heterocycles. The van der Waals surface area contributed by atoms with Crippen LogP contribution in [0.25, 0.3) is 0 Å². The molecule has 1 fully saturated rings. The van der Waals surface area contributed by atoms with Crippen molar-refractivity contribution < 1.29 is 4.74 Å². The number of nitrogens with two attached hydrogens (primary N) is 1. The highest BCUT2D eigenvalue weighted by Crippen LogP contribution is 2.40. The second-order valence-corrected chi connectivity index (χ2v) is 7.95. The van der Waals surface area contributed by atoms with Crippen molar-refractivity contribution in [2.45, 2.75) is 36.6 Å². The van der Waals surface area contributed by atoms with Gasteiger partial charge in [0.05, 0.1) is 12.6 Å². The van der Waals surface area contributed by atoms with Crippen LogP contribution in [0.2, 0.25) is 0 Å². The largest absolute Gasteiger partial charge is 0.493 e. The molecule has 0 spiro atoms. The maximum Gasteiger partial charge on any atom is 0.125 e. The van der Waals surface area contributed by atoms with Crippen LogP contribution in [0.3, 0.4) is 0 Å². The lowest BCUT2D eigenvalue weighted by atomic mass is 9.81. The van der Waals surface area contributed by atoms with Gasteiger partial charge in [0.2, 0.25) is 0 Å². The highest BCUT2D eigenvalue weighted by atomic mass is 32.2. The smallest absolute Gasteiger partial charge is 0.125 e. The van der Waals surface area contributed by atoms with E-state index >= 15 is 0 Å². The Morgan fingerprint density at radius 2 is 2.08 bits per heavy atom. The Balaban J connectivity index is 1.66. The van der Waals surface area contributed by atoms with E-state index in [0.29, 0.717) is 5.92 Å². The van der Waals surface area contributed by atoms with Crippen molar-refractivity contribution in [3.63, 3.8) is 0 Å². The molecule has 0 unspecified atom stereocenters. The number of nitrogens with zero attached hydrogens (tertiary/aromatic N) is 1. The minimum absolute atomic E-state index is 0.282. The summed E-state index contributed by atoms with van der Waals surface area (Å²) in [5.41, 5.74) is 4.06. The zero-order valence-electron chi connectivity index (χ0n) is 14.8. The SMILES string of the molecule is CSc1cc2c(c(C[C@@H]3CCCN(N)[C@@H]3c3ccccc3)c1)OCC2. The molecule has 2 aliphatic rings. The van der Waals surface area contributed by atoms with E-state index in [1.165, 1.54) is 28.0 Å². The van der Waals surface area contributed by atoms with E-state index in [2.05, 4.69) is 48.7 Å². The van der Waals surface area contributed by atoms with Gasteiger partial charge in [0, 0.05) is 17.9 Å². The minimum atomic E-state index is 0.282. The Morgan fingerprint density at radius 3 is 2.88 bits per heavy atom. The van der Waals surface area contributed by atoms with Crippen LogP contribution in [0, 0.1) is 5.92 Å². The number of piperidine rings is 1. The van der Waals surface area contributed by atoms with Gasteiger partial charge in [0.25, 0.3) is 0 Å². The molecule has 3 nitrogen and oxygen atoms in total. The molecular weight excluding hydrogens is 328 g/mol. The molecule has 0 aliphatic carbocycles. The van der Waals surface area contributed by atoms with Gasteiger partial charge in [0.1, 0.15) is 5.75 Å². The quantitative estimate of drug-likeness (QED) is 0.659. The van der Waals surface area contributed by atoms with Crippen molar-refractivity contribution >= 4 is 11.8 Å². The number of ether oxygens (including phenoxy) is 1. The summed E-state index contributed by atoms with van der Waals surface area (Å²) in [5, 5.41) is 2.04. The maximum atomic E-state index is 6.42. The normalized spacial score (nSPS) is 23.3. The number of thioether (sulfide) groups is 1. The maximum absolute atomic E-state index is 6.42. The van der Waals surface area contributed by atoms with Gasteiger partial charge in [-0.25, -0.2) is 5.01 Å². The van der Waals surface area contributed by atoms with Crippen LogP contribution in [0.15, 0.2) is 47.4 Å². The first kappa shape index (κ1) is 17.0. The Hall–Kier alpha value is -1.49. The predicted octanol–water partition coefficient (Wildman–Crippen LogP) is 4.21. The molecule has 25 heavy (non-hydrogen) atoms. The minimum Gasteiger partial charge on any atom is -0.493 e. The summed E-state index contributed by atoms with van der Waals surface area (Å²) in [4.78, 5) is 1.34. The molecule has 2 aliphatic heterocycles. The highest BCUT2D eigenvalue weighted by molar-refractivity contribution is 7.98. The molecule has 2 atom stereocenters. The summed E-state index contributed by atoms with van der Waals surface area (Å²) in [6.45, 7) is 1.78. The average molecular weight is 355 g/mol. The highest BCUT2D eigenvalue weighted by Gasteiger charge is 2.32. The number of hydrogen-bond donors (Lipinski definition) is 1. The third-order valence-electron chi connectivity index (χ3n) is 5.49. The zero-order chi connectivity index (χ0) is 17.2. The first-order chi connectivity index (χ1) is 12.3. The van der Waals surface area contributed by atoms with Gasteiger partial charge in [-0.3, -0.25) is 5.84 Å². The lowest BCUT2D eigenvalue weighted by Crippen LogP contribution is -2.44. The summed E-state index contributed by atoms with van der Waals surface area (Å²) < 4.78 is 5.98. The average Bonchev–Trinajstić information content (AvgIpc) is 3.11. The standard InChI is InChI=1S/C21H26N2OS/c1-25-19-13-17-9-11-24-21(17)18(14-19)12-16-8-5-10-23(22)20(16)15-6-3-2-4-7-15/h2-4,6-7,13-14,16,20H,5,8-12,22H2,1H3/t16-,20+/m0/s1. The molecule has 1 saturated heterocycles. The number of rotatable bonds is 4. The van der Waals surface area contributed by atoms with E-state index < -0.39 is 0 Å². The number of hydrazine groups is 1. The number of fused-ring (bicyclic) bond motifs is 1. The summed E-state index contributed by atoms with van der Waals surface area (Å²) >= 11 is 1.82. The van der Waals surface area contributed by atoms with Gasteiger partial charge in [-0.05, 0) is 60.3 Å². The van der Waals surface area contributed by atoms with Crippen molar-refractivity contribution in [1.29, 1.82) is 0 Å². The van der Waals surface area contributed by atoms with E-state index in [-0.39, 0.29) is 6.04 Å². The molecule has 0 amide bonds. The van der Waals surface area contributed by atoms with Crippen molar-refractivity contribution in [1.82, 2.24) is 5.01 Å². The Kier molecular flexibility index (Phi) is 5.02. The number of hydrogen-bond acceptors (Lipinski definition) is 4. The molecule has 2 aromatic carbocycles. The van der Waals surface area contributed by atoms with Gasteiger partial charge in [-0.2, -0.15) is 0 Å². The van der Waals surface area contributed by atoms with Crippen LogP contribution < -0.4 is 10.6 Å². The topological polar surface area (TPSA) is 38.5 Å². The van der Waals surface area contributed by atoms with Crippen molar-refractivity contribution in [3.8, 4) is 5.75 Å². The van der Waals surface area contributed by atoms with E-state index in [1.54, 1.807) is 0 Å². The molecule has 0 bridgehead atoms. The summed E-state index contributed by atoms with van der Waals surface area (Å²) in [5.74, 6) is 8.08. The molecule has 0 radical (unpaired) electrons. The fourth-order valence-electron chi connectivity index (χ4n) is 4.34. The third kappa shape index (κ3) is 3.43. The van der Waals surface area contributed by atoms with Gasteiger partial charge in [-0.15, -0.1) is 11.8 Å². The van der Waals surface area contributed by atoms with Gasteiger partial charge in [-0.1, -0.05) is 30.3 Å². The molecule has 0 saturated carbocycles. The van der Waals surface area contributed by atoms with Crippen LogP contribution in [0.1, 0.15) is 35.6 Å². The molecule has 132 valence electrons. The van der Waals surface area contributed by atoms with Crippen LogP contribution in [0.4, 0.5) is 0 Å². The third-order valence-corrected chi connectivity index (χ3v) is 6.20. The fourth-order valence-corrected chi connectivity index (χ4v) is 4.86. The molecular formula is C21H26N2OS. The van der Waals surface area contributed by atoms with Crippen molar-refractivity contribution in [2.75, 3.05) is 19.4 Å². The predicted molar refractivity (Wildman–Crippen MR) is 104 cm³/mol. The van der Waals surface area contributed by atoms with E-state index in [4.69, 9.17) is 10.6 Å². The Bertz CT molecular complexity index is 734. The van der Waals surface area contributed by atoms with Gasteiger partial charge < -0.3 is 4.74 Å². The lowest BCUT2D eigenvalue weighted by Gasteiger charge is -2.39. The van der Waals surface area contributed by atoms with E-state index in [9.17, 15) is 0 Å². The summed E-state index contributed by atoms with van der Waals surface area (Å²) in [6, 6.07) is 15.6. The molecule has 2 aromatic rings. The molecule has 2 N–H and O–H groups in total. The monoisotopic (exact) mass is 354 g/mol. The van der Waals surface area contributed by atoms with Crippen LogP contribution in [0.5, 0.6) is 5.75 Å². The molecule has 2 heterocycles. The second-order valence-electron chi connectivity index (χ2n) is 7.07. The van der Waals surface area contributed by atoms with E-state index in [1.807, 2.05) is 16.8 Å². The fraction of sp³-hybridized carbons (Fsp3) is 0.429. The van der Waals surface area contributed by atoms with Crippen LogP contribution >= 0.6 is 11.8 Å². The first-order valence-corrected chi connectivity index (χ1v) is 10.4. The van der Waals surface area contributed by atoms with Crippen molar-refractivity contribution in [2.24, 2.45) is 11.8 Å². The zero-order valence-corrected chi connectivity index (χ0v) is 15.6.